The highest BCUT2D eigenvalue weighted by molar-refractivity contribution is 6.33. The van der Waals surface area contributed by atoms with Gasteiger partial charge in [-0.1, -0.05) is 65.7 Å². The van der Waals surface area contributed by atoms with Crippen LogP contribution in [0, 0.1) is 0 Å². The summed E-state index contributed by atoms with van der Waals surface area (Å²) in [6.07, 6.45) is 2.67. The number of benzene rings is 4. The topological polar surface area (TPSA) is 47.6 Å². The predicted molar refractivity (Wildman–Crippen MR) is 145 cm³/mol. The van der Waals surface area contributed by atoms with Crippen molar-refractivity contribution in [1.29, 1.82) is 0 Å². The first-order valence-electron chi connectivity index (χ1n) is 11.9. The minimum Gasteiger partial charge on any atom is -0.493 e. The first kappa shape index (κ1) is 24.2. The molecule has 4 nitrogen and oxygen atoms in total. The summed E-state index contributed by atoms with van der Waals surface area (Å²) in [5.41, 5.74) is 4.88. The third-order valence-electron chi connectivity index (χ3n) is 6.15. The van der Waals surface area contributed by atoms with Crippen molar-refractivity contribution in [3.8, 4) is 28.4 Å². The van der Waals surface area contributed by atoms with Gasteiger partial charge in [0.05, 0.1) is 11.6 Å². The first-order chi connectivity index (χ1) is 17.6. The minimum atomic E-state index is -0.130. The molecule has 5 rings (SSSR count). The number of halogens is 2. The van der Waals surface area contributed by atoms with Gasteiger partial charge in [-0.15, -0.1) is 0 Å². The van der Waals surface area contributed by atoms with Crippen LogP contribution in [0.4, 0.5) is 0 Å². The minimum absolute atomic E-state index is 0.130. The van der Waals surface area contributed by atoms with Gasteiger partial charge in [-0.2, -0.15) is 0 Å². The van der Waals surface area contributed by atoms with Crippen LogP contribution < -0.4 is 14.8 Å². The van der Waals surface area contributed by atoms with Crippen LogP contribution >= 0.6 is 23.2 Å². The third kappa shape index (κ3) is 5.67. The second-order valence-electron chi connectivity index (χ2n) is 8.65. The molecule has 1 heterocycles. The molecule has 0 unspecified atom stereocenters. The Morgan fingerprint density at radius 1 is 0.917 bits per heavy atom. The summed E-state index contributed by atoms with van der Waals surface area (Å²) in [6, 6.07) is 26.8. The van der Waals surface area contributed by atoms with E-state index in [0.29, 0.717) is 35.2 Å². The molecule has 0 aromatic heterocycles. The molecule has 4 aromatic rings. The SMILES string of the molecule is O=C(NCCc1ccc(-c2ccccc2Cl)cc1)c1ccc(Oc2cc3c(cc2Cl)CCCO3)cc1. The molecular formula is C30H25Cl2NO3. The van der Waals surface area contributed by atoms with Crippen molar-refractivity contribution in [3.05, 3.63) is 112 Å². The van der Waals surface area contributed by atoms with E-state index in [1.807, 2.05) is 36.4 Å². The summed E-state index contributed by atoms with van der Waals surface area (Å²) < 4.78 is 11.7. The average molecular weight is 518 g/mol. The van der Waals surface area contributed by atoms with Crippen molar-refractivity contribution in [3.63, 3.8) is 0 Å². The quantitative estimate of drug-likeness (QED) is 0.272. The Hall–Kier alpha value is -3.47. The average Bonchev–Trinajstić information content (AvgIpc) is 2.90. The Bertz CT molecular complexity index is 1370. The van der Waals surface area contributed by atoms with E-state index in [4.69, 9.17) is 32.7 Å². The maximum absolute atomic E-state index is 12.6. The maximum Gasteiger partial charge on any atom is 0.251 e. The van der Waals surface area contributed by atoms with Gasteiger partial charge in [0.2, 0.25) is 0 Å². The molecule has 36 heavy (non-hydrogen) atoms. The molecule has 0 aliphatic carbocycles. The number of fused-ring (bicyclic) bond motifs is 1. The molecule has 0 saturated carbocycles. The van der Waals surface area contributed by atoms with Gasteiger partial charge >= 0.3 is 0 Å². The van der Waals surface area contributed by atoms with Gasteiger partial charge in [-0.05, 0) is 72.4 Å². The second kappa shape index (κ2) is 11.1. The number of nitrogens with one attached hydrogen (secondary N) is 1. The largest absolute Gasteiger partial charge is 0.493 e. The van der Waals surface area contributed by atoms with Gasteiger partial charge in [0.25, 0.3) is 5.91 Å². The van der Waals surface area contributed by atoms with Crippen LogP contribution in [0.15, 0.2) is 84.9 Å². The molecule has 0 radical (unpaired) electrons. The van der Waals surface area contributed by atoms with E-state index in [9.17, 15) is 4.79 Å². The molecule has 4 aromatic carbocycles. The predicted octanol–water partition coefficient (Wildman–Crippen LogP) is 7.75. The number of carbonyl (C=O) groups is 1. The first-order valence-corrected chi connectivity index (χ1v) is 12.7. The zero-order valence-corrected chi connectivity index (χ0v) is 21.1. The highest BCUT2D eigenvalue weighted by atomic mass is 35.5. The van der Waals surface area contributed by atoms with Gasteiger partial charge in [-0.25, -0.2) is 0 Å². The van der Waals surface area contributed by atoms with E-state index in [1.165, 1.54) is 0 Å². The molecule has 0 saturated heterocycles. The Labute approximate surface area is 220 Å². The lowest BCUT2D eigenvalue weighted by molar-refractivity contribution is 0.0954. The number of hydrogen-bond donors (Lipinski definition) is 1. The van der Waals surface area contributed by atoms with E-state index in [2.05, 4.69) is 29.6 Å². The lowest BCUT2D eigenvalue weighted by Crippen LogP contribution is -2.25. The second-order valence-corrected chi connectivity index (χ2v) is 9.47. The highest BCUT2D eigenvalue weighted by Crippen LogP contribution is 2.37. The van der Waals surface area contributed by atoms with Gasteiger partial charge in [0, 0.05) is 28.8 Å². The third-order valence-corrected chi connectivity index (χ3v) is 6.77. The normalized spacial score (nSPS) is 12.4. The zero-order valence-electron chi connectivity index (χ0n) is 19.6. The number of amides is 1. The Morgan fingerprint density at radius 2 is 1.69 bits per heavy atom. The summed E-state index contributed by atoms with van der Waals surface area (Å²) >= 11 is 12.7. The molecule has 182 valence electrons. The monoisotopic (exact) mass is 517 g/mol. The Kier molecular flexibility index (Phi) is 7.45. The van der Waals surface area contributed by atoms with Gasteiger partial charge in [-0.3, -0.25) is 4.79 Å². The number of hydrogen-bond acceptors (Lipinski definition) is 3. The van der Waals surface area contributed by atoms with Crippen LogP contribution in [-0.2, 0) is 12.8 Å². The maximum atomic E-state index is 12.6. The van der Waals surface area contributed by atoms with Crippen molar-refractivity contribution in [1.82, 2.24) is 5.32 Å². The van der Waals surface area contributed by atoms with Crippen molar-refractivity contribution < 1.29 is 14.3 Å². The summed E-state index contributed by atoms with van der Waals surface area (Å²) in [4.78, 5) is 12.6. The van der Waals surface area contributed by atoms with Crippen LogP contribution in [0.5, 0.6) is 17.2 Å². The van der Waals surface area contributed by atoms with E-state index in [-0.39, 0.29) is 5.91 Å². The van der Waals surface area contributed by atoms with Crippen molar-refractivity contribution in [2.75, 3.05) is 13.2 Å². The van der Waals surface area contributed by atoms with Crippen LogP contribution in [0.25, 0.3) is 11.1 Å². The van der Waals surface area contributed by atoms with Crippen LogP contribution in [0.1, 0.15) is 27.9 Å². The Morgan fingerprint density at radius 3 is 2.47 bits per heavy atom. The van der Waals surface area contributed by atoms with Crippen LogP contribution in [0.3, 0.4) is 0 Å². The molecule has 1 aliphatic rings. The van der Waals surface area contributed by atoms with E-state index < -0.39 is 0 Å². The molecule has 6 heteroatoms. The van der Waals surface area contributed by atoms with E-state index in [1.54, 1.807) is 24.3 Å². The smallest absolute Gasteiger partial charge is 0.251 e. The summed E-state index contributed by atoms with van der Waals surface area (Å²) in [6.45, 7) is 1.24. The zero-order chi connectivity index (χ0) is 24.9. The van der Waals surface area contributed by atoms with Gasteiger partial charge in [0.1, 0.15) is 17.2 Å². The summed E-state index contributed by atoms with van der Waals surface area (Å²) in [7, 11) is 0. The van der Waals surface area contributed by atoms with E-state index in [0.717, 1.165) is 52.3 Å². The summed E-state index contributed by atoms with van der Waals surface area (Å²) in [5, 5.41) is 4.25. The number of rotatable bonds is 7. The van der Waals surface area contributed by atoms with Gasteiger partial charge < -0.3 is 14.8 Å². The fraction of sp³-hybridized carbons (Fsp3) is 0.167. The van der Waals surface area contributed by atoms with Crippen LogP contribution in [0.2, 0.25) is 10.0 Å². The number of ether oxygens (including phenoxy) is 2. The Balaban J connectivity index is 1.14. The lowest BCUT2D eigenvalue weighted by Gasteiger charge is -2.19. The molecular weight excluding hydrogens is 493 g/mol. The molecule has 0 spiro atoms. The highest BCUT2D eigenvalue weighted by Gasteiger charge is 2.15. The molecule has 1 N–H and O–H groups in total. The fourth-order valence-electron chi connectivity index (χ4n) is 4.20. The van der Waals surface area contributed by atoms with Crippen molar-refractivity contribution in [2.24, 2.45) is 0 Å². The van der Waals surface area contributed by atoms with Crippen molar-refractivity contribution >= 4 is 29.1 Å². The molecule has 1 amide bonds. The number of aryl methyl sites for hydroxylation is 1. The standard InChI is InChI=1S/C30H25Cl2NO3/c31-26-6-2-1-5-25(26)21-9-7-20(8-10-21)15-16-33-30(34)22-11-13-24(14-12-22)36-29-19-28-23(18-27(29)32)4-3-17-35-28/h1-2,5-14,18-19H,3-4,15-17H2,(H,33,34). The fourth-order valence-corrected chi connectivity index (χ4v) is 4.67. The summed E-state index contributed by atoms with van der Waals surface area (Å²) in [5.74, 6) is 1.82. The van der Waals surface area contributed by atoms with E-state index >= 15 is 0 Å². The lowest BCUT2D eigenvalue weighted by atomic mass is 10.0. The van der Waals surface area contributed by atoms with Crippen molar-refractivity contribution in [2.45, 2.75) is 19.3 Å². The molecule has 0 bridgehead atoms. The number of carbonyl (C=O) groups excluding carboxylic acids is 1. The molecule has 0 atom stereocenters. The van der Waals surface area contributed by atoms with Crippen LogP contribution in [-0.4, -0.2) is 19.1 Å². The molecule has 1 aliphatic heterocycles. The molecule has 0 fully saturated rings. The van der Waals surface area contributed by atoms with Gasteiger partial charge in [0.15, 0.2) is 0 Å².